The highest BCUT2D eigenvalue weighted by Crippen LogP contribution is 2.26. The van der Waals surface area contributed by atoms with Crippen LogP contribution in [0.1, 0.15) is 25.3 Å². The van der Waals surface area contributed by atoms with Crippen LogP contribution in [-0.2, 0) is 0 Å². The van der Waals surface area contributed by atoms with Crippen molar-refractivity contribution in [3.8, 4) is 0 Å². The van der Waals surface area contributed by atoms with Gasteiger partial charge in [-0.05, 0) is 41.8 Å². The third kappa shape index (κ3) is 4.00. The first kappa shape index (κ1) is 16.2. The molecular formula is C18H18ClN5. The van der Waals surface area contributed by atoms with Crippen LogP contribution in [0.4, 0.5) is 23.1 Å². The highest BCUT2D eigenvalue weighted by atomic mass is 35.5. The summed E-state index contributed by atoms with van der Waals surface area (Å²) in [6.07, 6.45) is 1.58. The van der Waals surface area contributed by atoms with Gasteiger partial charge >= 0.3 is 0 Å². The minimum Gasteiger partial charge on any atom is -0.339 e. The lowest BCUT2D eigenvalue weighted by atomic mass is 10.0. The summed E-state index contributed by atoms with van der Waals surface area (Å²) in [4.78, 5) is 4.46. The summed E-state index contributed by atoms with van der Waals surface area (Å²) in [5.41, 5.74) is 3.07. The van der Waals surface area contributed by atoms with Gasteiger partial charge < -0.3 is 10.6 Å². The molecule has 0 radical (unpaired) electrons. The Labute approximate surface area is 146 Å². The van der Waals surface area contributed by atoms with Crippen LogP contribution in [0.25, 0.3) is 0 Å². The van der Waals surface area contributed by atoms with Gasteiger partial charge in [0, 0.05) is 16.4 Å². The molecular weight excluding hydrogens is 322 g/mol. The predicted molar refractivity (Wildman–Crippen MR) is 98.4 cm³/mol. The van der Waals surface area contributed by atoms with Crippen LogP contribution in [0, 0.1) is 0 Å². The van der Waals surface area contributed by atoms with Crippen LogP contribution in [0.5, 0.6) is 0 Å². The summed E-state index contributed by atoms with van der Waals surface area (Å²) in [6.45, 7) is 4.30. The molecule has 3 rings (SSSR count). The molecule has 2 N–H and O–H groups in total. The number of anilines is 4. The first-order valence-corrected chi connectivity index (χ1v) is 8.08. The molecule has 0 fully saturated rings. The molecule has 24 heavy (non-hydrogen) atoms. The van der Waals surface area contributed by atoms with Crippen molar-refractivity contribution in [1.29, 1.82) is 0 Å². The van der Waals surface area contributed by atoms with Crippen molar-refractivity contribution in [3.05, 3.63) is 65.3 Å². The van der Waals surface area contributed by atoms with Crippen molar-refractivity contribution < 1.29 is 0 Å². The SMILES string of the molecule is CC(C)c1ccccc1Nc1nncc(Nc2ccc(Cl)cc2)n1. The van der Waals surface area contributed by atoms with E-state index >= 15 is 0 Å². The van der Waals surface area contributed by atoms with Crippen molar-refractivity contribution in [2.75, 3.05) is 10.6 Å². The first-order chi connectivity index (χ1) is 11.6. The Hall–Kier alpha value is -2.66. The minimum atomic E-state index is 0.400. The smallest absolute Gasteiger partial charge is 0.249 e. The molecule has 5 nitrogen and oxygen atoms in total. The van der Waals surface area contributed by atoms with E-state index in [1.165, 1.54) is 5.56 Å². The second-order valence-corrected chi connectivity index (χ2v) is 6.10. The zero-order valence-electron chi connectivity index (χ0n) is 13.5. The highest BCUT2D eigenvalue weighted by molar-refractivity contribution is 6.30. The lowest BCUT2D eigenvalue weighted by molar-refractivity contribution is 0.867. The van der Waals surface area contributed by atoms with Gasteiger partial charge in [-0.2, -0.15) is 10.1 Å². The number of aromatic nitrogens is 3. The summed E-state index contributed by atoms with van der Waals surface area (Å²) in [6, 6.07) is 15.5. The van der Waals surface area contributed by atoms with E-state index < -0.39 is 0 Å². The van der Waals surface area contributed by atoms with Gasteiger partial charge in [-0.3, -0.25) is 0 Å². The van der Waals surface area contributed by atoms with E-state index in [2.05, 4.69) is 45.7 Å². The van der Waals surface area contributed by atoms with Gasteiger partial charge in [0.2, 0.25) is 5.95 Å². The van der Waals surface area contributed by atoms with E-state index in [-0.39, 0.29) is 0 Å². The number of para-hydroxylation sites is 1. The van der Waals surface area contributed by atoms with Gasteiger partial charge in [-0.1, -0.05) is 43.6 Å². The fourth-order valence-electron chi connectivity index (χ4n) is 2.33. The zero-order valence-corrected chi connectivity index (χ0v) is 14.2. The van der Waals surface area contributed by atoms with Gasteiger partial charge in [0.1, 0.15) is 0 Å². The van der Waals surface area contributed by atoms with E-state index in [1.807, 2.05) is 42.5 Å². The van der Waals surface area contributed by atoms with E-state index in [4.69, 9.17) is 11.6 Å². The molecule has 1 aromatic heterocycles. The Balaban J connectivity index is 1.80. The van der Waals surface area contributed by atoms with E-state index in [0.717, 1.165) is 11.4 Å². The number of hydrogen-bond donors (Lipinski definition) is 2. The summed E-state index contributed by atoms with van der Waals surface area (Å²) >= 11 is 5.89. The molecule has 3 aromatic rings. The van der Waals surface area contributed by atoms with Crippen molar-refractivity contribution in [2.24, 2.45) is 0 Å². The average Bonchev–Trinajstić information content (AvgIpc) is 2.58. The molecule has 0 aliphatic rings. The monoisotopic (exact) mass is 339 g/mol. The molecule has 0 aliphatic carbocycles. The van der Waals surface area contributed by atoms with Gasteiger partial charge in [-0.25, -0.2) is 0 Å². The maximum Gasteiger partial charge on any atom is 0.249 e. The Morgan fingerprint density at radius 1 is 0.958 bits per heavy atom. The lowest BCUT2D eigenvalue weighted by Crippen LogP contribution is -2.04. The summed E-state index contributed by atoms with van der Waals surface area (Å²) in [5.74, 6) is 1.45. The molecule has 0 unspecified atom stereocenters. The normalized spacial score (nSPS) is 10.7. The number of hydrogen-bond acceptors (Lipinski definition) is 5. The van der Waals surface area contributed by atoms with Crippen LogP contribution in [0.3, 0.4) is 0 Å². The molecule has 0 amide bonds. The van der Waals surface area contributed by atoms with Crippen LogP contribution < -0.4 is 10.6 Å². The molecule has 0 atom stereocenters. The fourth-order valence-corrected chi connectivity index (χ4v) is 2.46. The standard InChI is InChI=1S/C18H18ClN5/c1-12(2)15-5-3-4-6-16(15)22-18-23-17(11-20-24-18)21-14-9-7-13(19)8-10-14/h3-12H,1-2H3,(H2,21,22,23,24). The second kappa shape index (κ2) is 7.27. The summed E-state index contributed by atoms with van der Waals surface area (Å²) in [7, 11) is 0. The van der Waals surface area contributed by atoms with Crippen LogP contribution in [0.2, 0.25) is 5.02 Å². The third-order valence-corrected chi connectivity index (χ3v) is 3.76. The maximum absolute atomic E-state index is 5.89. The zero-order chi connectivity index (χ0) is 16.9. The number of halogens is 1. The molecule has 2 aromatic carbocycles. The molecule has 0 saturated heterocycles. The lowest BCUT2D eigenvalue weighted by Gasteiger charge is -2.13. The Morgan fingerprint density at radius 3 is 2.46 bits per heavy atom. The molecule has 0 spiro atoms. The summed E-state index contributed by atoms with van der Waals surface area (Å²) < 4.78 is 0. The predicted octanol–water partition coefficient (Wildman–Crippen LogP) is 5.14. The Morgan fingerprint density at radius 2 is 1.71 bits per heavy atom. The third-order valence-electron chi connectivity index (χ3n) is 3.50. The summed E-state index contributed by atoms with van der Waals surface area (Å²) in [5, 5.41) is 15.2. The van der Waals surface area contributed by atoms with Crippen molar-refractivity contribution >= 4 is 34.7 Å². The second-order valence-electron chi connectivity index (χ2n) is 5.66. The molecule has 0 bridgehead atoms. The van der Waals surface area contributed by atoms with E-state index in [9.17, 15) is 0 Å². The number of benzene rings is 2. The van der Waals surface area contributed by atoms with E-state index in [1.54, 1.807) is 6.20 Å². The quantitative estimate of drug-likeness (QED) is 0.674. The Bertz CT molecular complexity index is 818. The topological polar surface area (TPSA) is 62.7 Å². The maximum atomic E-state index is 5.89. The van der Waals surface area contributed by atoms with Crippen LogP contribution in [-0.4, -0.2) is 15.2 Å². The largest absolute Gasteiger partial charge is 0.339 e. The molecule has 0 aliphatic heterocycles. The number of rotatable bonds is 5. The van der Waals surface area contributed by atoms with Crippen molar-refractivity contribution in [1.82, 2.24) is 15.2 Å². The van der Waals surface area contributed by atoms with E-state index in [0.29, 0.717) is 22.7 Å². The molecule has 122 valence electrons. The van der Waals surface area contributed by atoms with Crippen LogP contribution >= 0.6 is 11.6 Å². The Kier molecular flexibility index (Phi) is 4.91. The van der Waals surface area contributed by atoms with Crippen molar-refractivity contribution in [3.63, 3.8) is 0 Å². The van der Waals surface area contributed by atoms with Gasteiger partial charge in [-0.15, -0.1) is 5.10 Å². The van der Waals surface area contributed by atoms with Gasteiger partial charge in [0.05, 0.1) is 6.20 Å². The van der Waals surface area contributed by atoms with Gasteiger partial charge in [0.25, 0.3) is 0 Å². The average molecular weight is 340 g/mol. The molecule has 0 saturated carbocycles. The fraction of sp³-hybridized carbons (Fsp3) is 0.167. The first-order valence-electron chi connectivity index (χ1n) is 7.70. The number of nitrogens with zero attached hydrogens (tertiary/aromatic N) is 3. The molecule has 1 heterocycles. The van der Waals surface area contributed by atoms with Gasteiger partial charge in [0.15, 0.2) is 5.82 Å². The number of nitrogens with one attached hydrogen (secondary N) is 2. The van der Waals surface area contributed by atoms with Crippen molar-refractivity contribution in [2.45, 2.75) is 19.8 Å². The van der Waals surface area contributed by atoms with Crippen LogP contribution in [0.15, 0.2) is 54.7 Å². The highest BCUT2D eigenvalue weighted by Gasteiger charge is 2.08. The minimum absolute atomic E-state index is 0.400. The molecule has 6 heteroatoms.